The highest BCUT2D eigenvalue weighted by Crippen LogP contribution is 2.29. The van der Waals surface area contributed by atoms with Crippen molar-refractivity contribution in [2.45, 2.75) is 30.6 Å². The molecule has 0 unspecified atom stereocenters. The number of hydrogen-bond acceptors (Lipinski definition) is 5. The minimum atomic E-state index is -3.43. The molecule has 1 aliphatic heterocycles. The molecular weight excluding hydrogens is 348 g/mol. The number of aryl methyl sites for hydroxylation is 2. The molecule has 2 aromatic rings. The van der Waals surface area contributed by atoms with Gasteiger partial charge in [0.1, 0.15) is 16.1 Å². The van der Waals surface area contributed by atoms with Crippen LogP contribution in [0.1, 0.15) is 17.5 Å². The van der Waals surface area contributed by atoms with Gasteiger partial charge in [0.05, 0.1) is 13.1 Å². The Bertz CT molecular complexity index is 908. The van der Waals surface area contributed by atoms with Crippen molar-refractivity contribution in [3.05, 3.63) is 45.2 Å². The van der Waals surface area contributed by atoms with Crippen LogP contribution in [0.3, 0.4) is 0 Å². The van der Waals surface area contributed by atoms with Gasteiger partial charge in [-0.05, 0) is 31.5 Å². The molecule has 8 heteroatoms. The lowest BCUT2D eigenvalue weighted by Gasteiger charge is -2.37. The summed E-state index contributed by atoms with van der Waals surface area (Å²) in [7, 11) is -1.73. The van der Waals surface area contributed by atoms with Crippen molar-refractivity contribution >= 4 is 21.4 Å². The Morgan fingerprint density at radius 1 is 1.29 bits per heavy atom. The first-order valence-electron chi connectivity index (χ1n) is 7.74. The second-order valence-corrected chi connectivity index (χ2v) is 9.20. The van der Waals surface area contributed by atoms with Gasteiger partial charge in [-0.15, -0.1) is 11.3 Å². The van der Waals surface area contributed by atoms with Crippen LogP contribution in [0.5, 0.6) is 5.75 Å². The first-order valence-corrected chi connectivity index (χ1v) is 10.00. The van der Waals surface area contributed by atoms with Crippen LogP contribution in [0.15, 0.2) is 33.3 Å². The molecule has 1 fully saturated rings. The maximum Gasteiger partial charge on any atom is 0.254 e. The van der Waals surface area contributed by atoms with E-state index in [1.54, 1.807) is 19.2 Å². The molecule has 0 aromatic carbocycles. The third-order valence-electron chi connectivity index (χ3n) is 4.17. The largest absolute Gasteiger partial charge is 0.487 e. The number of pyridine rings is 1. The molecular formula is C16H20N2O4S2. The van der Waals surface area contributed by atoms with Gasteiger partial charge in [0.2, 0.25) is 0 Å². The van der Waals surface area contributed by atoms with Crippen LogP contribution in [0.4, 0.5) is 0 Å². The van der Waals surface area contributed by atoms with Gasteiger partial charge in [0, 0.05) is 23.7 Å². The Kier molecular flexibility index (Phi) is 4.54. The predicted molar refractivity (Wildman–Crippen MR) is 93.3 cm³/mol. The van der Waals surface area contributed by atoms with Gasteiger partial charge < -0.3 is 9.30 Å². The third kappa shape index (κ3) is 3.13. The summed E-state index contributed by atoms with van der Waals surface area (Å²) in [5.74, 6) is 0.488. The fourth-order valence-electron chi connectivity index (χ4n) is 2.48. The molecule has 3 heterocycles. The van der Waals surface area contributed by atoms with E-state index in [4.69, 9.17) is 4.74 Å². The molecule has 0 atom stereocenters. The van der Waals surface area contributed by atoms with Crippen LogP contribution in [0.25, 0.3) is 0 Å². The fourth-order valence-corrected chi connectivity index (χ4v) is 5.44. The van der Waals surface area contributed by atoms with Crippen LogP contribution < -0.4 is 10.3 Å². The molecule has 0 N–H and O–H groups in total. The molecule has 2 aromatic heterocycles. The van der Waals surface area contributed by atoms with E-state index >= 15 is 0 Å². The highest BCUT2D eigenvalue weighted by Gasteiger charge is 2.38. The van der Waals surface area contributed by atoms with Crippen LogP contribution in [0.2, 0.25) is 0 Å². The van der Waals surface area contributed by atoms with Gasteiger partial charge in [-0.1, -0.05) is 6.92 Å². The summed E-state index contributed by atoms with van der Waals surface area (Å²) in [5, 5.41) is 0. The summed E-state index contributed by atoms with van der Waals surface area (Å²) >= 11 is 1.31. The summed E-state index contributed by atoms with van der Waals surface area (Å²) in [6.45, 7) is 4.43. The Balaban J connectivity index is 1.66. The van der Waals surface area contributed by atoms with Crippen LogP contribution >= 0.6 is 11.3 Å². The summed E-state index contributed by atoms with van der Waals surface area (Å²) in [5.41, 5.74) is 0.659. The lowest BCUT2D eigenvalue weighted by Crippen LogP contribution is -2.55. The van der Waals surface area contributed by atoms with Crippen molar-refractivity contribution in [3.63, 3.8) is 0 Å². The summed E-state index contributed by atoms with van der Waals surface area (Å²) < 4.78 is 34.1. The molecule has 1 saturated heterocycles. The third-order valence-corrected chi connectivity index (χ3v) is 7.70. The summed E-state index contributed by atoms with van der Waals surface area (Å²) in [6.07, 6.45) is 0.603. The molecule has 0 amide bonds. The van der Waals surface area contributed by atoms with Gasteiger partial charge in [0.25, 0.3) is 15.6 Å². The molecule has 130 valence electrons. The van der Waals surface area contributed by atoms with Crippen molar-refractivity contribution in [3.8, 4) is 5.75 Å². The number of hydrogen-bond donors (Lipinski definition) is 0. The van der Waals surface area contributed by atoms with Gasteiger partial charge in [0.15, 0.2) is 0 Å². The molecule has 0 saturated carbocycles. The summed E-state index contributed by atoms with van der Waals surface area (Å²) in [6, 6.07) is 6.73. The number of aromatic nitrogens is 1. The van der Waals surface area contributed by atoms with Gasteiger partial charge in [-0.25, -0.2) is 8.42 Å². The van der Waals surface area contributed by atoms with Crippen molar-refractivity contribution in [1.29, 1.82) is 0 Å². The van der Waals surface area contributed by atoms with E-state index in [1.807, 2.05) is 19.9 Å². The molecule has 1 aliphatic rings. The first-order chi connectivity index (χ1) is 11.3. The van der Waals surface area contributed by atoms with Crippen molar-refractivity contribution in [1.82, 2.24) is 8.87 Å². The monoisotopic (exact) mass is 368 g/mol. The SMILES string of the molecule is CCc1ccc(S(=O)(=O)N2CC(Oc3cc(C)n(C)c(=O)c3)C2)s1. The van der Waals surface area contributed by atoms with Gasteiger partial charge >= 0.3 is 0 Å². The van der Waals surface area contributed by atoms with Crippen molar-refractivity contribution < 1.29 is 13.2 Å². The Morgan fingerprint density at radius 2 is 2.00 bits per heavy atom. The number of sulfonamides is 1. The average molecular weight is 368 g/mol. The minimum absolute atomic E-state index is 0.139. The van der Waals surface area contributed by atoms with Crippen molar-refractivity contribution in [2.24, 2.45) is 7.05 Å². The molecule has 3 rings (SSSR count). The molecule has 0 aliphatic carbocycles. The zero-order valence-corrected chi connectivity index (χ0v) is 15.5. The predicted octanol–water partition coefficient (Wildman–Crippen LogP) is 1.77. The smallest absolute Gasteiger partial charge is 0.254 e. The topological polar surface area (TPSA) is 68.6 Å². The number of thiophene rings is 1. The lowest BCUT2D eigenvalue weighted by molar-refractivity contribution is 0.0760. The van der Waals surface area contributed by atoms with E-state index in [1.165, 1.54) is 26.3 Å². The lowest BCUT2D eigenvalue weighted by atomic mass is 10.2. The van der Waals surface area contributed by atoms with Crippen molar-refractivity contribution in [2.75, 3.05) is 13.1 Å². The Hall–Kier alpha value is -1.64. The fraction of sp³-hybridized carbons (Fsp3) is 0.438. The van der Waals surface area contributed by atoms with E-state index in [2.05, 4.69) is 0 Å². The number of nitrogens with zero attached hydrogens (tertiary/aromatic N) is 2. The number of ether oxygens (including phenoxy) is 1. The maximum atomic E-state index is 12.5. The minimum Gasteiger partial charge on any atom is -0.487 e. The maximum absolute atomic E-state index is 12.5. The first kappa shape index (κ1) is 17.2. The van der Waals surface area contributed by atoms with E-state index in [0.717, 1.165) is 17.0 Å². The van der Waals surface area contributed by atoms with Gasteiger partial charge in [-0.3, -0.25) is 4.79 Å². The normalized spacial score (nSPS) is 16.1. The highest BCUT2D eigenvalue weighted by molar-refractivity contribution is 7.91. The molecule has 0 bridgehead atoms. The number of rotatable bonds is 5. The second kappa shape index (κ2) is 6.34. The summed E-state index contributed by atoms with van der Waals surface area (Å²) in [4.78, 5) is 12.8. The standard InChI is InChI=1S/C16H20N2O4S2/c1-4-14-5-6-16(23-14)24(20,21)18-9-13(10-18)22-12-7-11(2)17(3)15(19)8-12/h5-8,13H,4,9-10H2,1-3H3. The molecule has 0 spiro atoms. The second-order valence-electron chi connectivity index (χ2n) is 5.87. The van der Waals surface area contributed by atoms with Gasteiger partial charge in [-0.2, -0.15) is 4.31 Å². The zero-order valence-electron chi connectivity index (χ0n) is 13.9. The zero-order chi connectivity index (χ0) is 17.5. The van der Waals surface area contributed by atoms with Crippen LogP contribution in [-0.4, -0.2) is 36.5 Å². The van der Waals surface area contributed by atoms with E-state index in [0.29, 0.717) is 23.0 Å². The highest BCUT2D eigenvalue weighted by atomic mass is 32.2. The molecule has 24 heavy (non-hydrogen) atoms. The van der Waals surface area contributed by atoms with E-state index in [-0.39, 0.29) is 11.7 Å². The van der Waals surface area contributed by atoms with Crippen LogP contribution in [-0.2, 0) is 23.5 Å². The average Bonchev–Trinajstić information content (AvgIpc) is 2.97. The quantitative estimate of drug-likeness (QED) is 0.807. The Labute approximate surface area is 145 Å². The van der Waals surface area contributed by atoms with E-state index in [9.17, 15) is 13.2 Å². The molecule has 6 nitrogen and oxygen atoms in total. The Morgan fingerprint density at radius 3 is 2.58 bits per heavy atom. The van der Waals surface area contributed by atoms with E-state index < -0.39 is 10.0 Å². The van der Waals surface area contributed by atoms with Crippen LogP contribution in [0, 0.1) is 6.92 Å². The molecule has 0 radical (unpaired) electrons.